The van der Waals surface area contributed by atoms with Gasteiger partial charge in [-0.15, -0.1) is 0 Å². The highest BCUT2D eigenvalue weighted by atomic mass is 16.3. The van der Waals surface area contributed by atoms with Crippen molar-refractivity contribution in [3.63, 3.8) is 0 Å². The van der Waals surface area contributed by atoms with Crippen molar-refractivity contribution in [2.75, 3.05) is 13.1 Å². The third-order valence-electron chi connectivity index (χ3n) is 3.68. The van der Waals surface area contributed by atoms with Gasteiger partial charge in [0.15, 0.2) is 0 Å². The zero-order valence-corrected chi connectivity index (χ0v) is 10.1. The van der Waals surface area contributed by atoms with Crippen LogP contribution in [0, 0.1) is 6.92 Å². The van der Waals surface area contributed by atoms with E-state index in [9.17, 15) is 0 Å². The van der Waals surface area contributed by atoms with Crippen LogP contribution >= 0.6 is 0 Å². The highest BCUT2D eigenvalue weighted by molar-refractivity contribution is 5.35. The van der Waals surface area contributed by atoms with E-state index in [-0.39, 0.29) is 5.41 Å². The minimum Gasteiger partial charge on any atom is -0.472 e. The van der Waals surface area contributed by atoms with E-state index in [0.717, 1.165) is 19.5 Å². The molecule has 2 nitrogen and oxygen atoms in total. The van der Waals surface area contributed by atoms with Crippen molar-refractivity contribution < 1.29 is 4.42 Å². The van der Waals surface area contributed by atoms with Crippen molar-refractivity contribution >= 4 is 0 Å². The van der Waals surface area contributed by atoms with Crippen LogP contribution in [0.2, 0.25) is 0 Å². The zero-order chi connectivity index (χ0) is 11.7. The van der Waals surface area contributed by atoms with E-state index in [1.807, 2.05) is 6.26 Å². The molecule has 88 valence electrons. The molecule has 3 rings (SSSR count). The third-order valence-corrected chi connectivity index (χ3v) is 3.68. The Bertz CT molecular complexity index is 497. The number of aryl methyl sites for hydroxylation is 1. The zero-order valence-electron chi connectivity index (χ0n) is 10.1. The summed E-state index contributed by atoms with van der Waals surface area (Å²) in [5.74, 6) is 0. The highest BCUT2D eigenvalue weighted by Gasteiger charge is 2.38. The van der Waals surface area contributed by atoms with Crippen LogP contribution in [0.15, 0.2) is 47.3 Å². The SMILES string of the molecule is Cc1cccc(C2(Cc3ccoc3)CNC2)c1. The van der Waals surface area contributed by atoms with Crippen LogP contribution in [0.1, 0.15) is 16.7 Å². The predicted molar refractivity (Wildman–Crippen MR) is 68.1 cm³/mol. The summed E-state index contributed by atoms with van der Waals surface area (Å²) >= 11 is 0. The smallest absolute Gasteiger partial charge is 0.0934 e. The highest BCUT2D eigenvalue weighted by Crippen LogP contribution is 2.33. The molecule has 0 amide bonds. The fourth-order valence-electron chi connectivity index (χ4n) is 2.62. The topological polar surface area (TPSA) is 25.2 Å². The molecule has 2 aromatic rings. The first-order chi connectivity index (χ1) is 8.28. The second kappa shape index (κ2) is 4.04. The van der Waals surface area contributed by atoms with Crippen LogP contribution < -0.4 is 5.32 Å². The normalized spacial score (nSPS) is 17.7. The van der Waals surface area contributed by atoms with E-state index in [1.165, 1.54) is 16.7 Å². The van der Waals surface area contributed by atoms with E-state index in [0.29, 0.717) is 0 Å². The van der Waals surface area contributed by atoms with Crippen molar-refractivity contribution in [1.29, 1.82) is 0 Å². The van der Waals surface area contributed by atoms with Gasteiger partial charge >= 0.3 is 0 Å². The molecule has 1 fully saturated rings. The Morgan fingerprint density at radius 3 is 2.76 bits per heavy atom. The number of furan rings is 1. The molecule has 0 bridgehead atoms. The van der Waals surface area contributed by atoms with Gasteiger partial charge in [-0.05, 0) is 30.5 Å². The fraction of sp³-hybridized carbons (Fsp3) is 0.333. The fourth-order valence-corrected chi connectivity index (χ4v) is 2.62. The summed E-state index contributed by atoms with van der Waals surface area (Å²) in [6, 6.07) is 10.9. The molecule has 2 heteroatoms. The van der Waals surface area contributed by atoms with Gasteiger partial charge in [-0.1, -0.05) is 29.8 Å². The van der Waals surface area contributed by atoms with E-state index >= 15 is 0 Å². The molecule has 1 aliphatic rings. The lowest BCUT2D eigenvalue weighted by atomic mass is 9.71. The quantitative estimate of drug-likeness (QED) is 0.872. The van der Waals surface area contributed by atoms with Crippen LogP contribution in [-0.2, 0) is 11.8 Å². The maximum Gasteiger partial charge on any atom is 0.0934 e. The van der Waals surface area contributed by atoms with Gasteiger partial charge < -0.3 is 9.73 Å². The van der Waals surface area contributed by atoms with Crippen molar-refractivity contribution in [3.8, 4) is 0 Å². The summed E-state index contributed by atoms with van der Waals surface area (Å²) in [5, 5.41) is 3.40. The molecule has 2 heterocycles. The lowest BCUT2D eigenvalue weighted by Crippen LogP contribution is -2.58. The van der Waals surface area contributed by atoms with Crippen LogP contribution in [0.5, 0.6) is 0 Å². The summed E-state index contributed by atoms with van der Waals surface area (Å²) in [7, 11) is 0. The molecule has 0 aliphatic carbocycles. The number of benzene rings is 1. The standard InChI is InChI=1S/C15H17NO/c1-12-3-2-4-14(7-12)15(10-16-11-15)8-13-5-6-17-9-13/h2-7,9,16H,8,10-11H2,1H3. The van der Waals surface area contributed by atoms with E-state index < -0.39 is 0 Å². The largest absolute Gasteiger partial charge is 0.472 e. The molecule has 0 atom stereocenters. The minimum absolute atomic E-state index is 0.260. The molecule has 17 heavy (non-hydrogen) atoms. The van der Waals surface area contributed by atoms with Gasteiger partial charge in [-0.25, -0.2) is 0 Å². The van der Waals surface area contributed by atoms with Gasteiger partial charge in [0.25, 0.3) is 0 Å². The van der Waals surface area contributed by atoms with Gasteiger partial charge in [0.2, 0.25) is 0 Å². The maximum absolute atomic E-state index is 5.17. The summed E-state index contributed by atoms with van der Waals surface area (Å²) in [6.07, 6.45) is 4.67. The summed E-state index contributed by atoms with van der Waals surface area (Å²) in [5.41, 5.74) is 4.32. The first-order valence-electron chi connectivity index (χ1n) is 6.07. The monoisotopic (exact) mass is 227 g/mol. The molecule has 0 unspecified atom stereocenters. The third kappa shape index (κ3) is 1.89. The summed E-state index contributed by atoms with van der Waals surface area (Å²) in [4.78, 5) is 0. The lowest BCUT2D eigenvalue weighted by Gasteiger charge is -2.43. The Balaban J connectivity index is 1.92. The average molecular weight is 227 g/mol. The van der Waals surface area contributed by atoms with E-state index in [2.05, 4.69) is 42.6 Å². The second-order valence-corrected chi connectivity index (χ2v) is 5.06. The molecule has 1 aliphatic heterocycles. The molecule has 0 spiro atoms. The van der Waals surface area contributed by atoms with Crippen molar-refractivity contribution in [2.45, 2.75) is 18.8 Å². The second-order valence-electron chi connectivity index (χ2n) is 5.06. The number of rotatable bonds is 3. The molecular formula is C15H17NO. The molecule has 1 aromatic carbocycles. The maximum atomic E-state index is 5.17. The summed E-state index contributed by atoms with van der Waals surface area (Å²) < 4.78 is 5.17. The Kier molecular flexibility index (Phi) is 2.52. The molecule has 1 N–H and O–H groups in total. The van der Waals surface area contributed by atoms with Crippen molar-refractivity contribution in [3.05, 3.63) is 59.5 Å². The Labute approximate surface area is 102 Å². The van der Waals surface area contributed by atoms with E-state index in [4.69, 9.17) is 4.42 Å². The molecule has 1 saturated heterocycles. The van der Waals surface area contributed by atoms with Crippen LogP contribution in [-0.4, -0.2) is 13.1 Å². The Morgan fingerprint density at radius 2 is 2.18 bits per heavy atom. The Hall–Kier alpha value is -1.54. The van der Waals surface area contributed by atoms with Crippen LogP contribution in [0.25, 0.3) is 0 Å². The van der Waals surface area contributed by atoms with Gasteiger partial charge in [0, 0.05) is 18.5 Å². The van der Waals surface area contributed by atoms with Gasteiger partial charge in [-0.2, -0.15) is 0 Å². The predicted octanol–water partition coefficient (Wildman–Crippen LogP) is 2.67. The average Bonchev–Trinajstić information content (AvgIpc) is 2.76. The molecule has 0 saturated carbocycles. The van der Waals surface area contributed by atoms with Crippen LogP contribution in [0.4, 0.5) is 0 Å². The molecule has 0 radical (unpaired) electrons. The Morgan fingerprint density at radius 1 is 1.29 bits per heavy atom. The van der Waals surface area contributed by atoms with Crippen molar-refractivity contribution in [2.24, 2.45) is 0 Å². The first kappa shape index (κ1) is 10.6. The van der Waals surface area contributed by atoms with Gasteiger partial charge in [0.1, 0.15) is 0 Å². The molecule has 1 aromatic heterocycles. The number of hydrogen-bond donors (Lipinski definition) is 1. The molecular weight excluding hydrogens is 210 g/mol. The van der Waals surface area contributed by atoms with E-state index in [1.54, 1.807) is 6.26 Å². The number of hydrogen-bond acceptors (Lipinski definition) is 2. The minimum atomic E-state index is 0.260. The summed E-state index contributed by atoms with van der Waals surface area (Å²) in [6.45, 7) is 4.27. The van der Waals surface area contributed by atoms with Gasteiger partial charge in [-0.3, -0.25) is 0 Å². The van der Waals surface area contributed by atoms with Crippen molar-refractivity contribution in [1.82, 2.24) is 5.32 Å². The lowest BCUT2D eigenvalue weighted by molar-refractivity contribution is 0.274. The van der Waals surface area contributed by atoms with Crippen LogP contribution in [0.3, 0.4) is 0 Å². The van der Waals surface area contributed by atoms with Gasteiger partial charge in [0.05, 0.1) is 12.5 Å². The first-order valence-corrected chi connectivity index (χ1v) is 6.07. The number of nitrogens with one attached hydrogen (secondary N) is 1.